The van der Waals surface area contributed by atoms with Crippen LogP contribution in [0.1, 0.15) is 44.9 Å². The van der Waals surface area contributed by atoms with E-state index in [4.69, 9.17) is 9.47 Å². The van der Waals surface area contributed by atoms with Gasteiger partial charge in [-0.15, -0.1) is 0 Å². The van der Waals surface area contributed by atoms with Crippen LogP contribution in [-0.2, 0) is 14.3 Å². The van der Waals surface area contributed by atoms with Gasteiger partial charge in [0.05, 0.1) is 18.2 Å². The second-order valence-corrected chi connectivity index (χ2v) is 7.00. The molecule has 3 heterocycles. The molecule has 22 heavy (non-hydrogen) atoms. The van der Waals surface area contributed by atoms with Gasteiger partial charge in [0.25, 0.3) is 0 Å². The zero-order valence-electron chi connectivity index (χ0n) is 13.9. The maximum Gasteiger partial charge on any atom is 0.236 e. The highest BCUT2D eigenvalue weighted by molar-refractivity contribution is 5.78. The largest absolute Gasteiger partial charge is 0.378 e. The molecule has 0 N–H and O–H groups in total. The second-order valence-electron chi connectivity index (χ2n) is 7.00. The van der Waals surface area contributed by atoms with Crippen LogP contribution in [0.3, 0.4) is 0 Å². The number of hydrogen-bond acceptors (Lipinski definition) is 4. The van der Waals surface area contributed by atoms with Gasteiger partial charge in [-0.1, -0.05) is 0 Å². The molecule has 1 amide bonds. The summed E-state index contributed by atoms with van der Waals surface area (Å²) >= 11 is 0. The highest BCUT2D eigenvalue weighted by Gasteiger charge is 2.44. The van der Waals surface area contributed by atoms with E-state index in [0.717, 1.165) is 71.3 Å². The lowest BCUT2D eigenvalue weighted by Crippen LogP contribution is -2.57. The maximum absolute atomic E-state index is 12.4. The fourth-order valence-corrected chi connectivity index (χ4v) is 4.22. The van der Waals surface area contributed by atoms with Gasteiger partial charge in [-0.2, -0.15) is 0 Å². The van der Waals surface area contributed by atoms with E-state index in [0.29, 0.717) is 12.5 Å². The number of carbonyl (C=O) groups excluding carboxylic acids is 1. The summed E-state index contributed by atoms with van der Waals surface area (Å²) in [4.78, 5) is 16.7. The molecular formula is C17H30N2O3. The van der Waals surface area contributed by atoms with E-state index < -0.39 is 0 Å². The summed E-state index contributed by atoms with van der Waals surface area (Å²) in [5.41, 5.74) is -0.0995. The van der Waals surface area contributed by atoms with E-state index in [-0.39, 0.29) is 11.7 Å². The van der Waals surface area contributed by atoms with Crippen molar-refractivity contribution in [2.75, 3.05) is 46.4 Å². The van der Waals surface area contributed by atoms with E-state index in [1.807, 2.05) is 4.90 Å². The Balaban J connectivity index is 1.49. The van der Waals surface area contributed by atoms with Crippen molar-refractivity contribution < 1.29 is 14.3 Å². The van der Waals surface area contributed by atoms with Gasteiger partial charge < -0.3 is 14.4 Å². The molecule has 5 heteroatoms. The van der Waals surface area contributed by atoms with Gasteiger partial charge in [0, 0.05) is 39.9 Å². The normalized spacial score (nSPS) is 29.7. The molecule has 0 saturated carbocycles. The third-order valence-corrected chi connectivity index (χ3v) is 5.64. The van der Waals surface area contributed by atoms with Gasteiger partial charge in [-0.3, -0.25) is 9.69 Å². The zero-order chi connectivity index (χ0) is 15.4. The molecule has 5 nitrogen and oxygen atoms in total. The summed E-state index contributed by atoms with van der Waals surface area (Å²) in [6, 6.07) is 0. The first-order valence-electron chi connectivity index (χ1n) is 8.90. The van der Waals surface area contributed by atoms with Crippen LogP contribution in [0.4, 0.5) is 0 Å². The van der Waals surface area contributed by atoms with Gasteiger partial charge in [-0.25, -0.2) is 0 Å². The van der Waals surface area contributed by atoms with E-state index in [1.165, 1.54) is 6.42 Å². The lowest BCUT2D eigenvalue weighted by atomic mass is 9.82. The summed E-state index contributed by atoms with van der Waals surface area (Å²) in [7, 11) is 1.80. The molecule has 0 bridgehead atoms. The summed E-state index contributed by atoms with van der Waals surface area (Å²) in [5, 5.41) is 0. The van der Waals surface area contributed by atoms with E-state index in [2.05, 4.69) is 4.90 Å². The van der Waals surface area contributed by atoms with Crippen LogP contribution in [0, 0.1) is 0 Å². The highest BCUT2D eigenvalue weighted by Crippen LogP contribution is 2.36. The Hall–Kier alpha value is -0.650. The lowest BCUT2D eigenvalue weighted by molar-refractivity contribution is -0.187. The average Bonchev–Trinajstić information content (AvgIpc) is 2.58. The number of ether oxygens (including phenoxy) is 2. The number of hydrogen-bond donors (Lipinski definition) is 0. The molecule has 0 radical (unpaired) electrons. The van der Waals surface area contributed by atoms with Crippen LogP contribution in [0.5, 0.6) is 0 Å². The molecule has 0 aromatic rings. The van der Waals surface area contributed by atoms with Crippen molar-refractivity contribution in [2.24, 2.45) is 0 Å². The Morgan fingerprint density at radius 1 is 1.14 bits per heavy atom. The van der Waals surface area contributed by atoms with Crippen LogP contribution in [0.15, 0.2) is 0 Å². The van der Waals surface area contributed by atoms with Crippen LogP contribution < -0.4 is 0 Å². The maximum atomic E-state index is 12.4. The van der Waals surface area contributed by atoms with Crippen LogP contribution in [0.25, 0.3) is 0 Å². The summed E-state index contributed by atoms with van der Waals surface area (Å²) in [6.07, 6.45) is 7.99. The Morgan fingerprint density at radius 3 is 2.55 bits per heavy atom. The molecule has 1 spiro atoms. The first-order valence-corrected chi connectivity index (χ1v) is 8.90. The van der Waals surface area contributed by atoms with E-state index in [9.17, 15) is 4.79 Å². The molecule has 126 valence electrons. The second kappa shape index (κ2) is 7.28. The molecule has 0 aromatic heterocycles. The minimum Gasteiger partial charge on any atom is -0.378 e. The van der Waals surface area contributed by atoms with E-state index >= 15 is 0 Å². The Bertz CT molecular complexity index is 374. The van der Waals surface area contributed by atoms with Gasteiger partial charge in [-0.05, 0) is 44.9 Å². The molecule has 3 aliphatic heterocycles. The monoisotopic (exact) mass is 310 g/mol. The van der Waals surface area contributed by atoms with Crippen molar-refractivity contribution in [3.63, 3.8) is 0 Å². The van der Waals surface area contributed by atoms with Crippen molar-refractivity contribution in [3.05, 3.63) is 0 Å². The summed E-state index contributed by atoms with van der Waals surface area (Å²) in [6.45, 7) is 5.22. The molecule has 0 unspecified atom stereocenters. The number of piperidine rings is 2. The Morgan fingerprint density at radius 2 is 1.86 bits per heavy atom. The topological polar surface area (TPSA) is 42.0 Å². The van der Waals surface area contributed by atoms with Crippen molar-refractivity contribution in [1.29, 1.82) is 0 Å². The first kappa shape index (κ1) is 16.2. The third-order valence-electron chi connectivity index (χ3n) is 5.64. The smallest absolute Gasteiger partial charge is 0.236 e. The highest BCUT2D eigenvalue weighted by atomic mass is 16.5. The number of rotatable bonds is 3. The SMILES string of the molecule is CO[C@@H]1CCCOC12CCN(CC(=O)N1CCCCC1)CC2. The zero-order valence-corrected chi connectivity index (χ0v) is 13.9. The summed E-state index contributed by atoms with van der Waals surface area (Å²) in [5.74, 6) is 0.309. The predicted octanol–water partition coefficient (Wildman–Crippen LogP) is 1.66. The van der Waals surface area contributed by atoms with Gasteiger partial charge in [0.2, 0.25) is 5.91 Å². The summed E-state index contributed by atoms with van der Waals surface area (Å²) < 4.78 is 11.8. The van der Waals surface area contributed by atoms with Gasteiger partial charge >= 0.3 is 0 Å². The van der Waals surface area contributed by atoms with Crippen molar-refractivity contribution in [3.8, 4) is 0 Å². The Kier molecular flexibility index (Phi) is 5.37. The molecule has 3 saturated heterocycles. The first-order chi connectivity index (χ1) is 10.7. The number of amides is 1. The Labute approximate surface area is 133 Å². The molecule has 3 fully saturated rings. The molecule has 0 aliphatic carbocycles. The van der Waals surface area contributed by atoms with Crippen LogP contribution in [0.2, 0.25) is 0 Å². The quantitative estimate of drug-likeness (QED) is 0.795. The minimum absolute atomic E-state index is 0.0995. The molecule has 0 aromatic carbocycles. The fourth-order valence-electron chi connectivity index (χ4n) is 4.22. The van der Waals surface area contributed by atoms with Crippen LogP contribution >= 0.6 is 0 Å². The number of carbonyl (C=O) groups is 1. The molecule has 1 atom stereocenters. The van der Waals surface area contributed by atoms with Crippen molar-refractivity contribution in [2.45, 2.75) is 56.7 Å². The molecular weight excluding hydrogens is 280 g/mol. The minimum atomic E-state index is -0.0995. The third kappa shape index (κ3) is 3.47. The average molecular weight is 310 g/mol. The van der Waals surface area contributed by atoms with Crippen molar-refractivity contribution in [1.82, 2.24) is 9.80 Å². The molecule has 3 aliphatic rings. The van der Waals surface area contributed by atoms with Crippen molar-refractivity contribution >= 4 is 5.91 Å². The van der Waals surface area contributed by atoms with E-state index in [1.54, 1.807) is 7.11 Å². The lowest BCUT2D eigenvalue weighted by Gasteiger charge is -2.48. The fraction of sp³-hybridized carbons (Fsp3) is 0.941. The molecule has 3 rings (SSSR count). The standard InChI is InChI=1S/C17H30N2O3/c1-21-15-6-5-13-22-17(15)7-11-18(12-8-17)14-16(20)19-9-3-2-4-10-19/h15H,2-14H2,1H3/t15-/m1/s1. The van der Waals surface area contributed by atoms with Crippen LogP contribution in [-0.4, -0.2) is 73.9 Å². The number of nitrogens with zero attached hydrogens (tertiary/aromatic N) is 2. The predicted molar refractivity (Wildman–Crippen MR) is 84.8 cm³/mol. The number of likely N-dealkylation sites (tertiary alicyclic amines) is 2. The van der Waals surface area contributed by atoms with Gasteiger partial charge in [0.15, 0.2) is 0 Å². The van der Waals surface area contributed by atoms with Gasteiger partial charge in [0.1, 0.15) is 0 Å². The number of methoxy groups -OCH3 is 1.